The first-order valence-corrected chi connectivity index (χ1v) is 4.52. The van der Waals surface area contributed by atoms with E-state index in [9.17, 15) is 13.2 Å². The lowest BCUT2D eigenvalue weighted by Gasteiger charge is -2.07. The van der Waals surface area contributed by atoms with Crippen LogP contribution in [0.25, 0.3) is 0 Å². The van der Waals surface area contributed by atoms with Gasteiger partial charge >= 0.3 is 6.18 Å². The average molecular weight is 201 g/mol. The summed E-state index contributed by atoms with van der Waals surface area (Å²) in [6.07, 6.45) is -0.536. The zero-order chi connectivity index (χ0) is 10.6. The van der Waals surface area contributed by atoms with E-state index in [1.807, 2.05) is 13.3 Å². The van der Waals surface area contributed by atoms with E-state index in [-0.39, 0.29) is 0 Å². The highest BCUT2D eigenvalue weighted by atomic mass is 19.4. The molecule has 0 unspecified atom stereocenters. The highest BCUT2D eigenvalue weighted by Gasteiger charge is 2.29. The van der Waals surface area contributed by atoms with E-state index in [1.165, 1.54) is 12.1 Å². The third-order valence-electron chi connectivity index (χ3n) is 1.95. The molecule has 3 heteroatoms. The molecule has 0 aliphatic rings. The van der Waals surface area contributed by atoms with Crippen molar-refractivity contribution in [1.29, 1.82) is 0 Å². The van der Waals surface area contributed by atoms with Gasteiger partial charge in [0.05, 0.1) is 5.56 Å². The van der Waals surface area contributed by atoms with Gasteiger partial charge in [-0.25, -0.2) is 0 Å². The standard InChI is InChI=1S/C11H12F3/c1-2-3-4-9-5-7-10(8-6-9)11(12,13)14/h3,5-8H,2,4H2,1H3. The Balaban J connectivity index is 2.69. The zero-order valence-electron chi connectivity index (χ0n) is 7.93. The summed E-state index contributed by atoms with van der Waals surface area (Å²) in [7, 11) is 0. The molecule has 0 atom stereocenters. The minimum absolute atomic E-state index is 0.585. The van der Waals surface area contributed by atoms with Crippen LogP contribution in [0.1, 0.15) is 24.5 Å². The molecular formula is C11H12F3. The molecule has 0 saturated heterocycles. The number of benzene rings is 1. The van der Waals surface area contributed by atoms with Crippen LogP contribution in [-0.2, 0) is 12.6 Å². The summed E-state index contributed by atoms with van der Waals surface area (Å²) in [5.74, 6) is 0. The topological polar surface area (TPSA) is 0 Å². The molecule has 0 heterocycles. The van der Waals surface area contributed by atoms with Gasteiger partial charge in [0.1, 0.15) is 0 Å². The van der Waals surface area contributed by atoms with E-state index in [0.29, 0.717) is 0 Å². The normalized spacial score (nSPS) is 11.7. The minimum atomic E-state index is -4.23. The minimum Gasteiger partial charge on any atom is -0.166 e. The second-order valence-corrected chi connectivity index (χ2v) is 3.10. The first kappa shape index (κ1) is 11.1. The second-order valence-electron chi connectivity index (χ2n) is 3.10. The van der Waals surface area contributed by atoms with Crippen molar-refractivity contribution in [3.05, 3.63) is 41.8 Å². The fraction of sp³-hybridized carbons (Fsp3) is 0.364. The van der Waals surface area contributed by atoms with Crippen LogP contribution in [0.3, 0.4) is 0 Å². The Kier molecular flexibility index (Phi) is 3.55. The Bertz CT molecular complexity index is 272. The first-order valence-electron chi connectivity index (χ1n) is 4.52. The number of unbranched alkanes of at least 4 members (excludes halogenated alkanes) is 1. The van der Waals surface area contributed by atoms with Crippen LogP contribution in [0.15, 0.2) is 24.3 Å². The third kappa shape index (κ3) is 3.05. The SMILES string of the molecule is CC[CH]Cc1ccc(C(F)(F)F)cc1. The number of rotatable bonds is 3. The molecular weight excluding hydrogens is 189 g/mol. The van der Waals surface area contributed by atoms with E-state index in [4.69, 9.17) is 0 Å². The largest absolute Gasteiger partial charge is 0.416 e. The van der Waals surface area contributed by atoms with Crippen molar-refractivity contribution in [2.45, 2.75) is 25.9 Å². The third-order valence-corrected chi connectivity index (χ3v) is 1.95. The molecule has 0 N–H and O–H groups in total. The first-order chi connectivity index (χ1) is 6.54. The lowest BCUT2D eigenvalue weighted by molar-refractivity contribution is -0.137. The Labute approximate surface area is 81.8 Å². The Morgan fingerprint density at radius 3 is 2.14 bits per heavy atom. The van der Waals surface area contributed by atoms with Gasteiger partial charge in [0.25, 0.3) is 0 Å². The summed E-state index contributed by atoms with van der Waals surface area (Å²) in [5.41, 5.74) is 0.331. The highest BCUT2D eigenvalue weighted by molar-refractivity contribution is 5.25. The summed E-state index contributed by atoms with van der Waals surface area (Å²) < 4.78 is 36.5. The Morgan fingerprint density at radius 2 is 1.71 bits per heavy atom. The van der Waals surface area contributed by atoms with Gasteiger partial charge in [-0.2, -0.15) is 13.2 Å². The van der Waals surface area contributed by atoms with E-state index in [2.05, 4.69) is 0 Å². The molecule has 0 aromatic heterocycles. The maximum atomic E-state index is 12.2. The quantitative estimate of drug-likeness (QED) is 0.696. The lowest BCUT2D eigenvalue weighted by atomic mass is 10.1. The van der Waals surface area contributed by atoms with Crippen LogP contribution in [0.5, 0.6) is 0 Å². The number of alkyl halides is 3. The van der Waals surface area contributed by atoms with Crippen LogP contribution in [0.4, 0.5) is 13.2 Å². The molecule has 0 amide bonds. The van der Waals surface area contributed by atoms with Crippen molar-refractivity contribution in [2.75, 3.05) is 0 Å². The van der Waals surface area contributed by atoms with Crippen LogP contribution in [0, 0.1) is 6.42 Å². The molecule has 14 heavy (non-hydrogen) atoms. The molecule has 1 rings (SSSR count). The van der Waals surface area contributed by atoms with Gasteiger partial charge in [0.2, 0.25) is 0 Å². The Hall–Kier alpha value is -0.990. The predicted molar refractivity (Wildman–Crippen MR) is 49.7 cm³/mol. The fourth-order valence-electron chi connectivity index (χ4n) is 1.14. The van der Waals surface area contributed by atoms with Crippen LogP contribution in [0.2, 0.25) is 0 Å². The van der Waals surface area contributed by atoms with E-state index in [1.54, 1.807) is 0 Å². The van der Waals surface area contributed by atoms with Gasteiger partial charge in [-0.15, -0.1) is 0 Å². The highest BCUT2D eigenvalue weighted by Crippen LogP contribution is 2.29. The molecule has 0 aliphatic heterocycles. The summed E-state index contributed by atoms with van der Waals surface area (Å²) >= 11 is 0. The van der Waals surface area contributed by atoms with E-state index < -0.39 is 11.7 Å². The summed E-state index contributed by atoms with van der Waals surface area (Å²) in [5, 5.41) is 0. The molecule has 0 saturated carbocycles. The van der Waals surface area contributed by atoms with Crippen molar-refractivity contribution in [2.24, 2.45) is 0 Å². The molecule has 0 nitrogen and oxygen atoms in total. The summed E-state index contributed by atoms with van der Waals surface area (Å²) in [6.45, 7) is 2.00. The second kappa shape index (κ2) is 4.49. The van der Waals surface area contributed by atoms with Gasteiger partial charge in [-0.05, 0) is 30.5 Å². The summed E-state index contributed by atoms with van der Waals surface area (Å²) in [6, 6.07) is 5.29. The van der Waals surface area contributed by atoms with Crippen LogP contribution >= 0.6 is 0 Å². The van der Waals surface area contributed by atoms with Crippen LogP contribution in [-0.4, -0.2) is 0 Å². The van der Waals surface area contributed by atoms with E-state index >= 15 is 0 Å². The lowest BCUT2D eigenvalue weighted by Crippen LogP contribution is -2.04. The molecule has 0 fully saturated rings. The number of hydrogen-bond donors (Lipinski definition) is 0. The van der Waals surface area contributed by atoms with E-state index in [0.717, 1.165) is 30.5 Å². The fourth-order valence-corrected chi connectivity index (χ4v) is 1.14. The monoisotopic (exact) mass is 201 g/mol. The summed E-state index contributed by atoms with van der Waals surface area (Å²) in [4.78, 5) is 0. The maximum absolute atomic E-state index is 12.2. The van der Waals surface area contributed by atoms with Gasteiger partial charge in [-0.3, -0.25) is 0 Å². The van der Waals surface area contributed by atoms with Gasteiger partial charge in [-0.1, -0.05) is 25.5 Å². The smallest absolute Gasteiger partial charge is 0.166 e. The molecule has 0 aliphatic carbocycles. The van der Waals surface area contributed by atoms with Gasteiger partial charge in [0, 0.05) is 0 Å². The van der Waals surface area contributed by atoms with Gasteiger partial charge < -0.3 is 0 Å². The predicted octanol–water partition coefficient (Wildman–Crippen LogP) is 3.86. The molecule has 0 bridgehead atoms. The van der Waals surface area contributed by atoms with Crippen molar-refractivity contribution in [3.8, 4) is 0 Å². The van der Waals surface area contributed by atoms with Crippen molar-refractivity contribution in [1.82, 2.24) is 0 Å². The average Bonchev–Trinajstić information content (AvgIpc) is 2.14. The number of hydrogen-bond acceptors (Lipinski definition) is 0. The van der Waals surface area contributed by atoms with Gasteiger partial charge in [0.15, 0.2) is 0 Å². The van der Waals surface area contributed by atoms with Crippen molar-refractivity contribution < 1.29 is 13.2 Å². The molecule has 1 aromatic rings. The molecule has 77 valence electrons. The molecule has 1 aromatic carbocycles. The van der Waals surface area contributed by atoms with Crippen molar-refractivity contribution >= 4 is 0 Å². The zero-order valence-corrected chi connectivity index (χ0v) is 7.93. The maximum Gasteiger partial charge on any atom is 0.416 e. The number of halogens is 3. The van der Waals surface area contributed by atoms with Crippen molar-refractivity contribution in [3.63, 3.8) is 0 Å². The molecule has 0 spiro atoms. The Morgan fingerprint density at radius 1 is 1.14 bits per heavy atom. The van der Waals surface area contributed by atoms with Crippen LogP contribution < -0.4 is 0 Å². The molecule has 1 radical (unpaired) electrons.